The van der Waals surface area contributed by atoms with E-state index in [1.54, 1.807) is 40.6 Å². The first-order valence-corrected chi connectivity index (χ1v) is 16.1. The van der Waals surface area contributed by atoms with E-state index in [1.165, 1.54) is 6.92 Å². The highest BCUT2D eigenvalue weighted by Crippen LogP contribution is 2.80. The lowest BCUT2D eigenvalue weighted by Gasteiger charge is -2.70. The molecular weight excluding hydrogens is 566 g/mol. The van der Waals surface area contributed by atoms with Gasteiger partial charge in [-0.1, -0.05) is 25.1 Å². The maximum Gasteiger partial charge on any atom is 0.338 e. The van der Waals surface area contributed by atoms with Gasteiger partial charge in [0.15, 0.2) is 0 Å². The largest absolute Gasteiger partial charge is 0.458 e. The summed E-state index contributed by atoms with van der Waals surface area (Å²) in [7, 11) is 6.88. The van der Waals surface area contributed by atoms with Crippen molar-refractivity contribution < 1.29 is 43.1 Å². The Morgan fingerprint density at radius 2 is 1.75 bits per heavy atom. The van der Waals surface area contributed by atoms with Crippen LogP contribution in [0.15, 0.2) is 30.3 Å². The maximum atomic E-state index is 13.7. The highest BCUT2D eigenvalue weighted by molar-refractivity contribution is 5.89. The molecule has 5 saturated carbocycles. The standard InChI is InChI=1S/C34H47NO9/c1-7-35-16-32(17-39-3)23(37)14-24(41-5)34-21-13-20-22(40-4)15-33(44-18(2)36,26(30(34)35)28(42-6)29(32)34)25(21)27(20)43-31(38)19-11-9-8-10-12-19/h8-12,20-30,37H,7,13-17H2,1-6H3/t20-,21+,22-,23+,24?,25+,26-,27-,28-,29+,30?,32-,33+,34-/m1/s1. The smallest absolute Gasteiger partial charge is 0.338 e. The van der Waals surface area contributed by atoms with Crippen LogP contribution in [0.25, 0.3) is 0 Å². The molecule has 2 unspecified atom stereocenters. The minimum Gasteiger partial charge on any atom is -0.458 e. The Bertz CT molecular complexity index is 1280. The number of aliphatic hydroxyl groups is 1. The van der Waals surface area contributed by atoms with Crippen LogP contribution in [0.3, 0.4) is 0 Å². The normalized spacial score (nSPS) is 48.2. The molecule has 242 valence electrons. The topological polar surface area (TPSA) is 113 Å². The summed E-state index contributed by atoms with van der Waals surface area (Å²) in [6.45, 7) is 5.40. The van der Waals surface area contributed by atoms with Gasteiger partial charge in [0.2, 0.25) is 0 Å². The van der Waals surface area contributed by atoms with E-state index in [2.05, 4.69) is 11.8 Å². The third-order valence-electron chi connectivity index (χ3n) is 13.0. The molecule has 1 saturated heterocycles. The van der Waals surface area contributed by atoms with Crippen molar-refractivity contribution in [2.45, 2.75) is 75.3 Å². The number of piperidine rings is 1. The number of carbonyl (C=O) groups is 2. The summed E-state index contributed by atoms with van der Waals surface area (Å²) in [6.07, 6.45) is -0.424. The first-order valence-electron chi connectivity index (χ1n) is 16.1. The predicted octanol–water partition coefficient (Wildman–Crippen LogP) is 2.56. The lowest BCUT2D eigenvalue weighted by atomic mass is 9.42. The average molecular weight is 614 g/mol. The van der Waals surface area contributed by atoms with Crippen LogP contribution in [0.4, 0.5) is 0 Å². The third kappa shape index (κ3) is 3.64. The maximum absolute atomic E-state index is 13.7. The summed E-state index contributed by atoms with van der Waals surface area (Å²) in [6, 6.07) is 9.02. The molecule has 1 heterocycles. The van der Waals surface area contributed by atoms with Crippen molar-refractivity contribution in [1.82, 2.24) is 4.90 Å². The van der Waals surface area contributed by atoms with Crippen molar-refractivity contribution in [3.05, 3.63) is 35.9 Å². The molecular formula is C34H47NO9. The zero-order valence-corrected chi connectivity index (χ0v) is 26.6. The molecule has 10 heteroatoms. The number of aliphatic hydroxyl groups excluding tert-OH is 1. The van der Waals surface area contributed by atoms with E-state index in [4.69, 9.17) is 28.4 Å². The molecule has 0 amide bonds. The quantitative estimate of drug-likeness (QED) is 0.417. The monoisotopic (exact) mass is 613 g/mol. The van der Waals surface area contributed by atoms with Gasteiger partial charge in [-0.2, -0.15) is 0 Å². The van der Waals surface area contributed by atoms with Gasteiger partial charge in [-0.25, -0.2) is 4.79 Å². The second kappa shape index (κ2) is 10.7. The minimum absolute atomic E-state index is 0.0367. The fourth-order valence-electron chi connectivity index (χ4n) is 12.2. The van der Waals surface area contributed by atoms with Crippen LogP contribution in [0.2, 0.25) is 0 Å². The number of fused-ring (bicyclic) bond motifs is 2. The van der Waals surface area contributed by atoms with E-state index >= 15 is 0 Å². The van der Waals surface area contributed by atoms with E-state index < -0.39 is 28.6 Å². The van der Waals surface area contributed by atoms with Crippen molar-refractivity contribution in [1.29, 1.82) is 0 Å². The fraction of sp³-hybridized carbons (Fsp3) is 0.765. The first kappa shape index (κ1) is 30.6. The Labute approximate surface area is 259 Å². The van der Waals surface area contributed by atoms with Crippen LogP contribution >= 0.6 is 0 Å². The second-order valence-electron chi connectivity index (χ2n) is 14.1. The summed E-state index contributed by atoms with van der Waals surface area (Å²) in [5.74, 6) is -1.57. The molecule has 7 bridgehead atoms. The summed E-state index contributed by atoms with van der Waals surface area (Å²) >= 11 is 0. The molecule has 0 aromatic heterocycles. The van der Waals surface area contributed by atoms with Crippen LogP contribution < -0.4 is 0 Å². The van der Waals surface area contributed by atoms with Crippen molar-refractivity contribution in [3.63, 3.8) is 0 Å². The molecule has 7 rings (SSSR count). The van der Waals surface area contributed by atoms with Gasteiger partial charge in [0.1, 0.15) is 11.7 Å². The third-order valence-corrected chi connectivity index (χ3v) is 13.0. The van der Waals surface area contributed by atoms with Crippen molar-refractivity contribution in [2.75, 3.05) is 48.1 Å². The predicted molar refractivity (Wildman–Crippen MR) is 158 cm³/mol. The van der Waals surface area contributed by atoms with Gasteiger partial charge in [-0.3, -0.25) is 9.69 Å². The Kier molecular flexibility index (Phi) is 7.46. The Morgan fingerprint density at radius 3 is 2.36 bits per heavy atom. The van der Waals surface area contributed by atoms with Crippen LogP contribution in [0.1, 0.15) is 43.5 Å². The number of carbonyl (C=O) groups excluding carboxylic acids is 2. The Balaban J connectivity index is 1.48. The highest BCUT2D eigenvalue weighted by Gasteiger charge is 2.89. The first-order chi connectivity index (χ1) is 21.2. The number of hydrogen-bond acceptors (Lipinski definition) is 10. The molecule has 1 aromatic carbocycles. The zero-order chi connectivity index (χ0) is 31.2. The molecule has 1 aliphatic heterocycles. The van der Waals surface area contributed by atoms with Crippen LogP contribution in [0.5, 0.6) is 0 Å². The van der Waals surface area contributed by atoms with E-state index in [-0.39, 0.29) is 65.9 Å². The number of esters is 2. The number of likely N-dealkylation sites (tertiary alicyclic amines) is 1. The summed E-state index contributed by atoms with van der Waals surface area (Å²) < 4.78 is 38.3. The van der Waals surface area contributed by atoms with Crippen LogP contribution in [0, 0.1) is 40.4 Å². The van der Waals surface area contributed by atoms with Gasteiger partial charge in [0, 0.05) is 95.3 Å². The molecule has 1 aromatic rings. The summed E-state index contributed by atoms with van der Waals surface area (Å²) in [5.41, 5.74) is -1.61. The summed E-state index contributed by atoms with van der Waals surface area (Å²) in [5, 5.41) is 12.0. The van der Waals surface area contributed by atoms with Gasteiger partial charge >= 0.3 is 11.9 Å². The zero-order valence-electron chi connectivity index (χ0n) is 26.6. The van der Waals surface area contributed by atoms with Crippen LogP contribution in [-0.2, 0) is 33.2 Å². The van der Waals surface area contributed by atoms with Crippen LogP contribution in [-0.4, -0.2) is 112 Å². The lowest BCUT2D eigenvalue weighted by molar-refractivity contribution is -0.297. The number of ether oxygens (including phenoxy) is 6. The molecule has 14 atom stereocenters. The highest BCUT2D eigenvalue weighted by atomic mass is 16.6. The number of methoxy groups -OCH3 is 4. The molecule has 5 aliphatic carbocycles. The number of rotatable bonds is 9. The molecule has 1 spiro atoms. The SMILES string of the molecule is CCN1C[C@@]2(COC)[C@@H](O)CC(OC)[C@@]34C1[C@@H]([C@@H](OC)[C@@H]23)[C@]1(OC(C)=O)C[C@@H](OC)[C@H]2C[C@H]4[C@H]1[C@@H]2OC(=O)c1ccccc1. The minimum atomic E-state index is -1.01. The number of hydrogen-bond donors (Lipinski definition) is 1. The van der Waals surface area contributed by atoms with E-state index in [0.717, 1.165) is 13.0 Å². The van der Waals surface area contributed by atoms with Crippen molar-refractivity contribution in [2.24, 2.45) is 40.4 Å². The molecule has 44 heavy (non-hydrogen) atoms. The Morgan fingerprint density at radius 1 is 1.00 bits per heavy atom. The van der Waals surface area contributed by atoms with Crippen molar-refractivity contribution in [3.8, 4) is 0 Å². The van der Waals surface area contributed by atoms with E-state index in [9.17, 15) is 14.7 Å². The number of nitrogens with zero attached hydrogens (tertiary/aromatic N) is 1. The van der Waals surface area contributed by atoms with E-state index in [1.807, 2.05) is 18.2 Å². The van der Waals surface area contributed by atoms with Gasteiger partial charge in [0.25, 0.3) is 0 Å². The average Bonchev–Trinajstić information content (AvgIpc) is 3.44. The molecule has 0 radical (unpaired) electrons. The molecule has 6 fully saturated rings. The lowest BCUT2D eigenvalue weighted by Crippen LogP contribution is -2.79. The molecule has 10 nitrogen and oxygen atoms in total. The fourth-order valence-corrected chi connectivity index (χ4v) is 12.2. The van der Waals surface area contributed by atoms with Crippen molar-refractivity contribution >= 4 is 11.9 Å². The van der Waals surface area contributed by atoms with E-state index in [0.29, 0.717) is 31.6 Å². The van der Waals surface area contributed by atoms with Gasteiger partial charge < -0.3 is 33.5 Å². The second-order valence-corrected chi connectivity index (χ2v) is 14.1. The molecule has 1 N–H and O–H groups in total. The Hall–Kier alpha value is -2.08. The van der Waals surface area contributed by atoms with Gasteiger partial charge in [-0.15, -0.1) is 0 Å². The van der Waals surface area contributed by atoms with Gasteiger partial charge in [-0.05, 0) is 31.0 Å². The van der Waals surface area contributed by atoms with Gasteiger partial charge in [0.05, 0.1) is 36.6 Å². The molecule has 6 aliphatic rings. The number of benzene rings is 1. The summed E-state index contributed by atoms with van der Waals surface area (Å²) in [4.78, 5) is 29.4.